The number of nitrogens with one attached hydrogen (secondary N) is 1. The van der Waals surface area contributed by atoms with Crippen LogP contribution in [0.1, 0.15) is 0 Å². The third-order valence-electron chi connectivity index (χ3n) is 7.29. The summed E-state index contributed by atoms with van der Waals surface area (Å²) in [6.45, 7) is 8.08. The van der Waals surface area contributed by atoms with Crippen molar-refractivity contribution in [2.45, 2.75) is 6.54 Å². The molecule has 214 valence electrons. The van der Waals surface area contributed by atoms with E-state index in [1.54, 1.807) is 47.3 Å². The fourth-order valence-corrected chi connectivity index (χ4v) is 5.03. The minimum absolute atomic E-state index is 0.194. The summed E-state index contributed by atoms with van der Waals surface area (Å²) in [6.07, 6.45) is 4.75. The number of allylic oxidation sites excluding steroid dienone is 1. The van der Waals surface area contributed by atoms with E-state index < -0.39 is 0 Å². The van der Waals surface area contributed by atoms with Crippen molar-refractivity contribution >= 4 is 28.4 Å². The molecule has 1 aromatic carbocycles. The van der Waals surface area contributed by atoms with E-state index in [4.69, 9.17) is 14.7 Å². The fraction of sp³-hybridized carbons (Fsp3) is 0.233. The Morgan fingerprint density at radius 2 is 1.71 bits per heavy atom. The van der Waals surface area contributed by atoms with Crippen molar-refractivity contribution in [3.05, 3.63) is 100 Å². The van der Waals surface area contributed by atoms with Crippen LogP contribution in [0, 0.1) is 0 Å². The van der Waals surface area contributed by atoms with Crippen LogP contribution >= 0.6 is 0 Å². The molecule has 0 amide bonds. The lowest BCUT2D eigenvalue weighted by Crippen LogP contribution is -2.44. The third-order valence-corrected chi connectivity index (χ3v) is 7.29. The van der Waals surface area contributed by atoms with Gasteiger partial charge in [0.15, 0.2) is 17.2 Å². The zero-order valence-corrected chi connectivity index (χ0v) is 23.5. The molecule has 1 saturated heterocycles. The number of likely N-dealkylation sites (N-methyl/N-ethyl adjacent to an activating group) is 1. The van der Waals surface area contributed by atoms with Gasteiger partial charge in [0.2, 0.25) is 5.95 Å². The van der Waals surface area contributed by atoms with Gasteiger partial charge in [0.1, 0.15) is 11.2 Å². The van der Waals surface area contributed by atoms with Crippen molar-refractivity contribution in [2.24, 2.45) is 0 Å². The lowest BCUT2D eigenvalue weighted by molar-refractivity contribution is 0.313. The third kappa shape index (κ3) is 5.03. The van der Waals surface area contributed by atoms with Crippen LogP contribution in [0.3, 0.4) is 0 Å². The smallest absolute Gasteiger partial charge is 0.298 e. The summed E-state index contributed by atoms with van der Waals surface area (Å²) in [7, 11) is 3.58. The zero-order valence-electron chi connectivity index (χ0n) is 23.5. The van der Waals surface area contributed by atoms with Gasteiger partial charge in [-0.1, -0.05) is 12.1 Å². The Bertz CT molecular complexity index is 1870. The van der Waals surface area contributed by atoms with Crippen LogP contribution in [0.4, 0.5) is 17.3 Å². The molecule has 1 aliphatic rings. The highest BCUT2D eigenvalue weighted by atomic mass is 16.5. The summed E-state index contributed by atoms with van der Waals surface area (Å²) >= 11 is 0. The number of rotatable bonds is 8. The number of fused-ring (bicyclic) bond motifs is 1. The summed E-state index contributed by atoms with van der Waals surface area (Å²) in [6, 6.07) is 16.7. The molecule has 0 unspecified atom stereocenters. The lowest BCUT2D eigenvalue weighted by Gasteiger charge is -2.34. The van der Waals surface area contributed by atoms with Crippen LogP contribution in [0.5, 0.6) is 5.75 Å². The van der Waals surface area contributed by atoms with Gasteiger partial charge in [-0.15, -0.1) is 6.58 Å². The van der Waals surface area contributed by atoms with Crippen LogP contribution < -0.4 is 26.1 Å². The van der Waals surface area contributed by atoms with Crippen molar-refractivity contribution in [2.75, 3.05) is 50.6 Å². The number of ether oxygens (including phenoxy) is 1. The maximum atomic E-state index is 13.4. The Balaban J connectivity index is 1.37. The minimum Gasteiger partial charge on any atom is -0.491 e. The number of benzene rings is 1. The average molecular weight is 566 g/mol. The van der Waals surface area contributed by atoms with Gasteiger partial charge in [-0.25, -0.2) is 19.3 Å². The van der Waals surface area contributed by atoms with E-state index in [1.807, 2.05) is 12.1 Å². The number of nitrogens with zero attached hydrogens (tertiary/aromatic N) is 8. The molecule has 0 radical (unpaired) electrons. The normalized spacial score (nSPS) is 13.8. The summed E-state index contributed by atoms with van der Waals surface area (Å²) < 4.78 is 9.68. The van der Waals surface area contributed by atoms with Gasteiger partial charge in [-0.05, 0) is 55.6 Å². The van der Waals surface area contributed by atoms with Crippen molar-refractivity contribution < 1.29 is 4.74 Å². The number of piperazine rings is 1. The molecule has 12 nitrogen and oxygen atoms in total. The van der Waals surface area contributed by atoms with E-state index in [-0.39, 0.29) is 23.4 Å². The molecule has 1 fully saturated rings. The van der Waals surface area contributed by atoms with Crippen molar-refractivity contribution in [3.8, 4) is 17.4 Å². The largest absolute Gasteiger partial charge is 0.491 e. The van der Waals surface area contributed by atoms with Crippen molar-refractivity contribution in [1.82, 2.24) is 33.8 Å². The highest BCUT2D eigenvalue weighted by Gasteiger charge is 2.19. The van der Waals surface area contributed by atoms with Gasteiger partial charge in [0.05, 0.1) is 13.7 Å². The van der Waals surface area contributed by atoms with Crippen LogP contribution in [0.2, 0.25) is 0 Å². The number of aromatic nitrogens is 6. The molecular weight excluding hydrogens is 534 g/mol. The fourth-order valence-electron chi connectivity index (χ4n) is 5.03. The van der Waals surface area contributed by atoms with Gasteiger partial charge < -0.3 is 19.9 Å². The summed E-state index contributed by atoms with van der Waals surface area (Å²) in [5.41, 5.74) is 1.73. The molecule has 12 heteroatoms. The van der Waals surface area contributed by atoms with Crippen molar-refractivity contribution in [1.29, 1.82) is 0 Å². The van der Waals surface area contributed by atoms with Gasteiger partial charge in [0, 0.05) is 49.9 Å². The number of hydrogen-bond acceptors (Lipinski definition) is 9. The average Bonchev–Trinajstić information content (AvgIpc) is 3.28. The quantitative estimate of drug-likeness (QED) is 0.284. The zero-order chi connectivity index (χ0) is 29.2. The second-order valence-corrected chi connectivity index (χ2v) is 9.99. The Morgan fingerprint density at radius 3 is 2.45 bits per heavy atom. The summed E-state index contributed by atoms with van der Waals surface area (Å²) in [4.78, 5) is 44.8. The molecular formula is C30H31N9O3. The van der Waals surface area contributed by atoms with E-state index in [0.717, 1.165) is 31.9 Å². The Labute approximate surface area is 241 Å². The van der Waals surface area contributed by atoms with Crippen LogP contribution in [0.25, 0.3) is 22.7 Å². The maximum absolute atomic E-state index is 13.4. The molecule has 0 atom stereocenters. The van der Waals surface area contributed by atoms with E-state index in [0.29, 0.717) is 28.6 Å². The topological polar surface area (TPSA) is 115 Å². The van der Waals surface area contributed by atoms with E-state index in [9.17, 15) is 9.59 Å². The second-order valence-electron chi connectivity index (χ2n) is 9.99. The predicted molar refractivity (Wildman–Crippen MR) is 163 cm³/mol. The molecule has 0 bridgehead atoms. The molecule has 4 aromatic heterocycles. The van der Waals surface area contributed by atoms with Gasteiger partial charge in [0.25, 0.3) is 11.1 Å². The second kappa shape index (κ2) is 11.3. The maximum Gasteiger partial charge on any atom is 0.298 e. The van der Waals surface area contributed by atoms with E-state index in [1.165, 1.54) is 28.2 Å². The molecule has 1 N–H and O–H groups in total. The molecule has 42 heavy (non-hydrogen) atoms. The Morgan fingerprint density at radius 1 is 0.952 bits per heavy atom. The first-order valence-electron chi connectivity index (χ1n) is 13.6. The van der Waals surface area contributed by atoms with E-state index in [2.05, 4.69) is 45.9 Å². The highest BCUT2D eigenvalue weighted by Crippen LogP contribution is 2.22. The monoisotopic (exact) mass is 565 g/mol. The van der Waals surface area contributed by atoms with Crippen LogP contribution in [-0.2, 0) is 6.54 Å². The summed E-state index contributed by atoms with van der Waals surface area (Å²) in [5, 5.41) is 3.59. The van der Waals surface area contributed by atoms with Gasteiger partial charge >= 0.3 is 0 Å². The first-order chi connectivity index (χ1) is 20.5. The molecule has 0 saturated carbocycles. The standard InChI is InChI=1S/C30H31N9O3/c1-4-14-38-28(40)23-20-31-30(32-21-10-12-22(13-11-21)36-18-16-35(2)17-19-36)34-27(23)39(38)26-9-5-8-25(33-26)37-15-6-7-24(42-3)29(37)41/h4-13,15,20H,1,14,16-19H2,2-3H3,(H,31,32,34). The number of pyridine rings is 2. The first-order valence-corrected chi connectivity index (χ1v) is 13.6. The van der Waals surface area contributed by atoms with Crippen LogP contribution in [0.15, 0.2) is 89.2 Å². The molecule has 6 rings (SSSR count). The molecule has 5 aromatic rings. The molecule has 5 heterocycles. The molecule has 0 aliphatic carbocycles. The highest BCUT2D eigenvalue weighted by molar-refractivity contribution is 5.77. The SMILES string of the molecule is C=CCn1c(=O)c2cnc(Nc3ccc(N4CCN(C)CC4)cc3)nc2n1-c1cccc(-n2cccc(OC)c2=O)n1. The molecule has 1 aliphatic heterocycles. The number of hydrogen-bond donors (Lipinski definition) is 1. The predicted octanol–water partition coefficient (Wildman–Crippen LogP) is 2.82. The molecule has 0 spiro atoms. The Hall–Kier alpha value is -5.23. The van der Waals surface area contributed by atoms with Gasteiger partial charge in [-0.3, -0.25) is 14.2 Å². The van der Waals surface area contributed by atoms with Gasteiger partial charge in [-0.2, -0.15) is 4.98 Å². The minimum atomic E-state index is -0.349. The number of methoxy groups -OCH3 is 1. The van der Waals surface area contributed by atoms with Crippen LogP contribution in [-0.4, -0.2) is 74.1 Å². The lowest BCUT2D eigenvalue weighted by atomic mass is 10.2. The Kier molecular flexibility index (Phi) is 7.28. The van der Waals surface area contributed by atoms with Crippen molar-refractivity contribution in [3.63, 3.8) is 0 Å². The number of anilines is 3. The summed E-state index contributed by atoms with van der Waals surface area (Å²) in [5.74, 6) is 1.29. The van der Waals surface area contributed by atoms with E-state index >= 15 is 0 Å². The first kappa shape index (κ1) is 27.0.